The lowest BCUT2D eigenvalue weighted by Gasteiger charge is -2.07. The number of phenolic OH excluding ortho intramolecular Hbond substituents is 1. The molecule has 6 nitrogen and oxygen atoms in total. The lowest BCUT2D eigenvalue weighted by atomic mass is 10.0. The second-order valence-electron chi connectivity index (χ2n) is 5.68. The Morgan fingerprint density at radius 2 is 1.81 bits per heavy atom. The Kier molecular flexibility index (Phi) is 3.82. The number of aromatic carboxylic acids is 1. The van der Waals surface area contributed by atoms with Gasteiger partial charge in [-0.1, -0.05) is 35.9 Å². The van der Waals surface area contributed by atoms with E-state index in [1.165, 1.54) is 12.1 Å². The molecule has 4 rings (SSSR count). The summed E-state index contributed by atoms with van der Waals surface area (Å²) in [6, 6.07) is 15.0. The predicted molar refractivity (Wildman–Crippen MR) is 98.4 cm³/mol. The van der Waals surface area contributed by atoms with Crippen LogP contribution in [0, 0.1) is 0 Å². The van der Waals surface area contributed by atoms with Gasteiger partial charge in [0.25, 0.3) is 0 Å². The third-order valence-electron chi connectivity index (χ3n) is 4.07. The highest BCUT2D eigenvalue weighted by Gasteiger charge is 2.20. The number of aromatic nitrogens is 3. The Hall–Kier alpha value is -3.38. The summed E-state index contributed by atoms with van der Waals surface area (Å²) in [4.78, 5) is 16.3. The number of halogens is 1. The minimum atomic E-state index is -1.11. The maximum absolute atomic E-state index is 11.9. The SMILES string of the molecule is O=C(O)c1cc(-c2ccccc2O)nc2n[nH]c(-c3ccc(Cl)cc3)c12. The molecule has 0 amide bonds. The minimum absolute atomic E-state index is 0.0177. The Bertz CT molecular complexity index is 1140. The van der Waals surface area contributed by atoms with Gasteiger partial charge in [0.2, 0.25) is 0 Å². The molecule has 2 aromatic carbocycles. The molecule has 0 unspecified atom stereocenters. The fraction of sp³-hybridized carbons (Fsp3) is 0. The molecule has 26 heavy (non-hydrogen) atoms. The largest absolute Gasteiger partial charge is 0.507 e. The van der Waals surface area contributed by atoms with Crippen molar-refractivity contribution in [2.24, 2.45) is 0 Å². The number of rotatable bonds is 3. The molecule has 0 aliphatic carbocycles. The number of nitrogens with zero attached hydrogens (tertiary/aromatic N) is 2. The number of hydrogen-bond acceptors (Lipinski definition) is 4. The number of hydrogen-bond donors (Lipinski definition) is 3. The van der Waals surface area contributed by atoms with Crippen molar-refractivity contribution in [3.63, 3.8) is 0 Å². The van der Waals surface area contributed by atoms with Crippen LogP contribution in [0.5, 0.6) is 5.75 Å². The van der Waals surface area contributed by atoms with Gasteiger partial charge in [-0.15, -0.1) is 0 Å². The van der Waals surface area contributed by atoms with E-state index in [1.807, 2.05) is 0 Å². The van der Waals surface area contributed by atoms with E-state index in [9.17, 15) is 15.0 Å². The van der Waals surface area contributed by atoms with Crippen LogP contribution in [0.1, 0.15) is 10.4 Å². The van der Waals surface area contributed by atoms with Crippen molar-refractivity contribution in [1.82, 2.24) is 15.2 Å². The van der Waals surface area contributed by atoms with Gasteiger partial charge in [0.15, 0.2) is 5.65 Å². The van der Waals surface area contributed by atoms with Crippen molar-refractivity contribution in [2.75, 3.05) is 0 Å². The van der Waals surface area contributed by atoms with Gasteiger partial charge in [-0.05, 0) is 30.3 Å². The Morgan fingerprint density at radius 3 is 2.50 bits per heavy atom. The summed E-state index contributed by atoms with van der Waals surface area (Å²) < 4.78 is 0. The fourth-order valence-corrected chi connectivity index (χ4v) is 2.97. The quantitative estimate of drug-likeness (QED) is 0.501. The normalized spacial score (nSPS) is 11.0. The van der Waals surface area contributed by atoms with E-state index in [4.69, 9.17) is 11.6 Å². The number of nitrogens with one attached hydrogen (secondary N) is 1. The molecule has 4 aromatic rings. The number of aromatic amines is 1. The van der Waals surface area contributed by atoms with Crippen LogP contribution in [0.25, 0.3) is 33.5 Å². The van der Waals surface area contributed by atoms with Gasteiger partial charge in [-0.2, -0.15) is 5.10 Å². The number of para-hydroxylation sites is 1. The molecule has 7 heteroatoms. The lowest BCUT2D eigenvalue weighted by molar-refractivity contribution is 0.0699. The zero-order chi connectivity index (χ0) is 18.3. The van der Waals surface area contributed by atoms with Crippen molar-refractivity contribution < 1.29 is 15.0 Å². The third-order valence-corrected chi connectivity index (χ3v) is 4.32. The number of H-pyrrole nitrogens is 1. The van der Waals surface area contributed by atoms with E-state index in [1.54, 1.807) is 42.5 Å². The summed E-state index contributed by atoms with van der Waals surface area (Å²) in [5, 5.41) is 27.8. The third kappa shape index (κ3) is 2.66. The van der Waals surface area contributed by atoms with Gasteiger partial charge in [-0.3, -0.25) is 5.10 Å². The number of pyridine rings is 1. The lowest BCUT2D eigenvalue weighted by Crippen LogP contribution is -2.00. The van der Waals surface area contributed by atoms with Crippen molar-refractivity contribution in [2.45, 2.75) is 0 Å². The Labute approximate surface area is 152 Å². The standard InChI is InChI=1S/C19H12ClN3O3/c20-11-7-5-10(6-8-11)17-16-13(19(25)26)9-14(21-18(16)23-22-17)12-3-1-2-4-15(12)24/h1-9,24H,(H,25,26)(H,21,22,23). The molecule has 0 spiro atoms. The van der Waals surface area contributed by atoms with Crippen LogP contribution in [0.2, 0.25) is 5.02 Å². The topological polar surface area (TPSA) is 99.1 Å². The maximum Gasteiger partial charge on any atom is 0.336 e. The Morgan fingerprint density at radius 1 is 1.08 bits per heavy atom. The molecule has 0 aliphatic rings. The average Bonchev–Trinajstić information content (AvgIpc) is 3.06. The number of aromatic hydroxyl groups is 1. The molecular formula is C19H12ClN3O3. The first-order chi connectivity index (χ1) is 12.5. The van der Waals surface area contributed by atoms with Gasteiger partial charge in [0.1, 0.15) is 5.75 Å². The van der Waals surface area contributed by atoms with Crippen LogP contribution in [-0.2, 0) is 0 Å². The number of fused-ring (bicyclic) bond motifs is 1. The van der Waals surface area contributed by atoms with Gasteiger partial charge in [0, 0.05) is 16.1 Å². The summed E-state index contributed by atoms with van der Waals surface area (Å²) >= 11 is 5.92. The van der Waals surface area contributed by atoms with E-state index in [0.717, 1.165) is 5.56 Å². The first-order valence-corrected chi connectivity index (χ1v) is 8.09. The van der Waals surface area contributed by atoms with Crippen LogP contribution in [0.15, 0.2) is 54.6 Å². The first-order valence-electron chi connectivity index (χ1n) is 7.71. The van der Waals surface area contributed by atoms with Crippen molar-refractivity contribution >= 4 is 28.6 Å². The molecule has 2 heterocycles. The molecule has 0 bridgehead atoms. The van der Waals surface area contributed by atoms with Crippen molar-refractivity contribution in [3.8, 4) is 28.3 Å². The van der Waals surface area contributed by atoms with E-state index in [-0.39, 0.29) is 17.0 Å². The highest BCUT2D eigenvalue weighted by Crippen LogP contribution is 2.34. The highest BCUT2D eigenvalue weighted by molar-refractivity contribution is 6.30. The minimum Gasteiger partial charge on any atom is -0.507 e. The van der Waals surface area contributed by atoms with E-state index >= 15 is 0 Å². The predicted octanol–water partition coefficient (Wildman–Crippen LogP) is 4.35. The number of phenols is 1. The second kappa shape index (κ2) is 6.16. The summed E-state index contributed by atoms with van der Waals surface area (Å²) in [6.07, 6.45) is 0. The molecule has 128 valence electrons. The molecule has 0 radical (unpaired) electrons. The van der Waals surface area contributed by atoms with Gasteiger partial charge in [0.05, 0.1) is 22.3 Å². The Balaban J connectivity index is 1.98. The van der Waals surface area contributed by atoms with Crippen molar-refractivity contribution in [3.05, 3.63) is 65.2 Å². The second-order valence-corrected chi connectivity index (χ2v) is 6.12. The molecule has 3 N–H and O–H groups in total. The van der Waals surface area contributed by atoms with Crippen LogP contribution in [0.4, 0.5) is 0 Å². The van der Waals surface area contributed by atoms with Gasteiger partial charge >= 0.3 is 5.97 Å². The van der Waals surface area contributed by atoms with Crippen LogP contribution in [0.3, 0.4) is 0 Å². The molecule has 0 saturated heterocycles. The van der Waals surface area contributed by atoms with Gasteiger partial charge < -0.3 is 10.2 Å². The molecule has 0 aliphatic heterocycles. The van der Waals surface area contributed by atoms with Crippen LogP contribution in [-0.4, -0.2) is 31.4 Å². The zero-order valence-corrected chi connectivity index (χ0v) is 14.0. The molecular weight excluding hydrogens is 354 g/mol. The molecule has 2 aromatic heterocycles. The summed E-state index contributed by atoms with van der Waals surface area (Å²) in [6.45, 7) is 0. The van der Waals surface area contributed by atoms with E-state index in [2.05, 4.69) is 15.2 Å². The monoisotopic (exact) mass is 365 g/mol. The summed E-state index contributed by atoms with van der Waals surface area (Å²) in [7, 11) is 0. The van der Waals surface area contributed by atoms with Gasteiger partial charge in [-0.25, -0.2) is 9.78 Å². The maximum atomic E-state index is 11.9. The zero-order valence-electron chi connectivity index (χ0n) is 13.3. The number of benzene rings is 2. The molecule has 0 atom stereocenters. The van der Waals surface area contributed by atoms with Crippen LogP contribution >= 0.6 is 11.6 Å². The number of carboxylic acid groups (broad SMARTS) is 1. The molecule has 0 fully saturated rings. The number of carboxylic acids is 1. The molecule has 0 saturated carbocycles. The first kappa shape index (κ1) is 16.1. The van der Waals surface area contributed by atoms with E-state index in [0.29, 0.717) is 27.4 Å². The number of carbonyl (C=O) groups is 1. The smallest absolute Gasteiger partial charge is 0.336 e. The highest BCUT2D eigenvalue weighted by atomic mass is 35.5. The average molecular weight is 366 g/mol. The summed E-state index contributed by atoms with van der Waals surface area (Å²) in [5.41, 5.74) is 2.37. The van der Waals surface area contributed by atoms with Crippen molar-refractivity contribution in [1.29, 1.82) is 0 Å². The fourth-order valence-electron chi connectivity index (χ4n) is 2.85. The summed E-state index contributed by atoms with van der Waals surface area (Å²) in [5.74, 6) is -1.09. The van der Waals surface area contributed by atoms with E-state index < -0.39 is 5.97 Å². The van der Waals surface area contributed by atoms with Crippen LogP contribution < -0.4 is 0 Å².